The zero-order chi connectivity index (χ0) is 19.6. The van der Waals surface area contributed by atoms with Crippen molar-refractivity contribution >= 4 is 0 Å². The van der Waals surface area contributed by atoms with Crippen molar-refractivity contribution in [2.45, 2.75) is 38.5 Å². The molecular formula is C22H22F4O. The lowest BCUT2D eigenvalue weighted by Gasteiger charge is -2.27. The highest BCUT2D eigenvalue weighted by Crippen LogP contribution is 2.40. The highest BCUT2D eigenvalue weighted by Gasteiger charge is 2.27. The second-order valence-electron chi connectivity index (χ2n) is 6.91. The fourth-order valence-electron chi connectivity index (χ4n) is 3.88. The van der Waals surface area contributed by atoms with Crippen LogP contribution in [-0.2, 0) is 0 Å². The Bertz CT molecular complexity index is 852. The Morgan fingerprint density at radius 2 is 1.41 bits per heavy atom. The maximum Gasteiger partial charge on any atom is 0.201 e. The summed E-state index contributed by atoms with van der Waals surface area (Å²) in [5, 5.41) is 0. The molecule has 2 aromatic rings. The lowest BCUT2D eigenvalue weighted by molar-refractivity contribution is 0.364. The fraction of sp³-hybridized carbons (Fsp3) is 0.364. The van der Waals surface area contributed by atoms with Gasteiger partial charge in [0.05, 0.1) is 7.11 Å². The Kier molecular flexibility index (Phi) is 5.88. The molecule has 0 spiro atoms. The number of hydrogen-bond donors (Lipinski definition) is 0. The number of ether oxygens (including phenoxy) is 1. The van der Waals surface area contributed by atoms with Crippen LogP contribution in [0.25, 0.3) is 11.1 Å². The van der Waals surface area contributed by atoms with Crippen LogP contribution in [0.5, 0.6) is 5.75 Å². The molecule has 0 saturated heterocycles. The molecule has 27 heavy (non-hydrogen) atoms. The van der Waals surface area contributed by atoms with Crippen molar-refractivity contribution in [3.8, 4) is 16.9 Å². The van der Waals surface area contributed by atoms with Crippen molar-refractivity contribution < 1.29 is 22.3 Å². The van der Waals surface area contributed by atoms with Gasteiger partial charge in [-0.15, -0.1) is 0 Å². The Morgan fingerprint density at radius 1 is 0.815 bits per heavy atom. The van der Waals surface area contributed by atoms with E-state index in [1.54, 1.807) is 0 Å². The second-order valence-corrected chi connectivity index (χ2v) is 6.91. The van der Waals surface area contributed by atoms with E-state index in [9.17, 15) is 17.6 Å². The van der Waals surface area contributed by atoms with Gasteiger partial charge in [0.1, 0.15) is 0 Å². The standard InChI is InChI=1S/C22H22F4O/c1-3-4-13-5-7-14(8-6-13)15-9-10-16(20(24)19(15)23)17-11-12-18(27-2)22(26)21(17)25/h3-4,9-14H,5-8H2,1-2H3. The van der Waals surface area contributed by atoms with Gasteiger partial charge in [-0.1, -0.05) is 24.3 Å². The molecule has 5 heteroatoms. The van der Waals surface area contributed by atoms with E-state index >= 15 is 0 Å². The SMILES string of the molecule is CC=CC1CCC(c2ccc(-c3ccc(OC)c(F)c3F)c(F)c2F)CC1. The van der Waals surface area contributed by atoms with E-state index in [1.807, 2.05) is 13.0 Å². The molecule has 2 aromatic carbocycles. The molecule has 1 nitrogen and oxygen atoms in total. The second kappa shape index (κ2) is 8.15. The average Bonchev–Trinajstić information content (AvgIpc) is 2.68. The van der Waals surface area contributed by atoms with E-state index in [1.165, 1.54) is 31.4 Å². The molecule has 3 rings (SSSR count). The number of allylic oxidation sites excluding steroid dienone is 2. The van der Waals surface area contributed by atoms with Gasteiger partial charge >= 0.3 is 0 Å². The van der Waals surface area contributed by atoms with Gasteiger partial charge in [0.25, 0.3) is 0 Å². The van der Waals surface area contributed by atoms with Gasteiger partial charge in [-0.05, 0) is 62.1 Å². The first-order chi connectivity index (χ1) is 13.0. The molecule has 0 N–H and O–H groups in total. The quantitative estimate of drug-likeness (QED) is 0.421. The van der Waals surface area contributed by atoms with Crippen LogP contribution in [0.2, 0.25) is 0 Å². The maximum absolute atomic E-state index is 14.7. The first-order valence-electron chi connectivity index (χ1n) is 9.11. The minimum Gasteiger partial charge on any atom is -0.494 e. The van der Waals surface area contributed by atoms with Crippen LogP contribution in [0.15, 0.2) is 36.4 Å². The first kappa shape index (κ1) is 19.5. The summed E-state index contributed by atoms with van der Waals surface area (Å²) in [5.41, 5.74) is -0.310. The Balaban J connectivity index is 1.92. The van der Waals surface area contributed by atoms with E-state index in [2.05, 4.69) is 6.08 Å². The van der Waals surface area contributed by atoms with Gasteiger partial charge in [0.15, 0.2) is 23.2 Å². The molecule has 0 radical (unpaired) electrons. The Hall–Kier alpha value is -2.30. The number of methoxy groups -OCH3 is 1. The van der Waals surface area contributed by atoms with Crippen LogP contribution in [-0.4, -0.2) is 7.11 Å². The zero-order valence-electron chi connectivity index (χ0n) is 15.4. The van der Waals surface area contributed by atoms with Gasteiger partial charge in [-0.3, -0.25) is 0 Å². The minimum absolute atomic E-state index is 0.0625. The number of hydrogen-bond acceptors (Lipinski definition) is 1. The molecule has 0 amide bonds. The van der Waals surface area contributed by atoms with Crippen molar-refractivity contribution in [1.82, 2.24) is 0 Å². The third-order valence-electron chi connectivity index (χ3n) is 5.35. The van der Waals surface area contributed by atoms with Crippen molar-refractivity contribution in [2.75, 3.05) is 7.11 Å². The summed E-state index contributed by atoms with van der Waals surface area (Å²) in [7, 11) is 1.21. The monoisotopic (exact) mass is 378 g/mol. The third kappa shape index (κ3) is 3.73. The van der Waals surface area contributed by atoms with Crippen molar-refractivity contribution in [3.05, 3.63) is 65.2 Å². The van der Waals surface area contributed by atoms with E-state index < -0.39 is 23.3 Å². The van der Waals surface area contributed by atoms with Crippen LogP contribution in [0.3, 0.4) is 0 Å². The fourth-order valence-corrected chi connectivity index (χ4v) is 3.88. The normalized spacial score (nSPS) is 20.2. The largest absolute Gasteiger partial charge is 0.494 e. The molecule has 0 unspecified atom stereocenters. The highest BCUT2D eigenvalue weighted by atomic mass is 19.2. The van der Waals surface area contributed by atoms with Gasteiger partial charge in [0, 0.05) is 11.1 Å². The van der Waals surface area contributed by atoms with Crippen molar-refractivity contribution in [1.29, 1.82) is 0 Å². The number of rotatable bonds is 4. The molecular weight excluding hydrogens is 356 g/mol. The van der Waals surface area contributed by atoms with Crippen LogP contribution in [0, 0.1) is 29.2 Å². The summed E-state index contributed by atoms with van der Waals surface area (Å²) in [4.78, 5) is 0. The molecule has 0 bridgehead atoms. The molecule has 0 heterocycles. The first-order valence-corrected chi connectivity index (χ1v) is 9.11. The van der Waals surface area contributed by atoms with Crippen molar-refractivity contribution in [2.24, 2.45) is 5.92 Å². The van der Waals surface area contributed by atoms with Gasteiger partial charge < -0.3 is 4.74 Å². The predicted octanol–water partition coefficient (Wildman–Crippen LogP) is 6.77. The number of benzene rings is 2. The van der Waals surface area contributed by atoms with Gasteiger partial charge in [-0.2, -0.15) is 4.39 Å². The molecule has 1 fully saturated rings. The Morgan fingerprint density at radius 3 is 2.00 bits per heavy atom. The van der Waals surface area contributed by atoms with Crippen LogP contribution in [0.4, 0.5) is 17.6 Å². The molecule has 1 saturated carbocycles. The smallest absolute Gasteiger partial charge is 0.201 e. The predicted molar refractivity (Wildman–Crippen MR) is 97.8 cm³/mol. The lowest BCUT2D eigenvalue weighted by atomic mass is 9.78. The van der Waals surface area contributed by atoms with Gasteiger partial charge in [-0.25, -0.2) is 13.2 Å². The summed E-state index contributed by atoms with van der Waals surface area (Å²) in [5.74, 6) is -4.47. The maximum atomic E-state index is 14.7. The van der Waals surface area contributed by atoms with E-state index in [4.69, 9.17) is 4.74 Å². The summed E-state index contributed by atoms with van der Waals surface area (Å²) in [6.45, 7) is 1.97. The molecule has 1 aliphatic carbocycles. The van der Waals surface area contributed by atoms with Crippen LogP contribution >= 0.6 is 0 Å². The summed E-state index contributed by atoms with van der Waals surface area (Å²) in [6.07, 6.45) is 7.57. The van der Waals surface area contributed by atoms with Crippen molar-refractivity contribution in [3.63, 3.8) is 0 Å². The van der Waals surface area contributed by atoms with E-state index in [0.717, 1.165) is 25.7 Å². The Labute approximate surface area is 156 Å². The summed E-state index contributed by atoms with van der Waals surface area (Å²) < 4.78 is 62.3. The van der Waals surface area contributed by atoms with Gasteiger partial charge in [0.2, 0.25) is 5.82 Å². The molecule has 1 aliphatic rings. The summed E-state index contributed by atoms with van der Waals surface area (Å²) >= 11 is 0. The molecule has 144 valence electrons. The average molecular weight is 378 g/mol. The lowest BCUT2D eigenvalue weighted by Crippen LogP contribution is -2.13. The molecule has 0 atom stereocenters. The third-order valence-corrected chi connectivity index (χ3v) is 5.35. The zero-order valence-corrected chi connectivity index (χ0v) is 15.4. The summed E-state index contributed by atoms with van der Waals surface area (Å²) in [6, 6.07) is 5.21. The van der Waals surface area contributed by atoms with E-state index in [0.29, 0.717) is 11.5 Å². The van der Waals surface area contributed by atoms with E-state index in [-0.39, 0.29) is 22.8 Å². The van der Waals surface area contributed by atoms with Crippen LogP contribution in [0.1, 0.15) is 44.1 Å². The topological polar surface area (TPSA) is 9.23 Å². The highest BCUT2D eigenvalue weighted by molar-refractivity contribution is 5.66. The molecule has 0 aliphatic heterocycles. The number of halogens is 4. The molecule has 0 aromatic heterocycles. The minimum atomic E-state index is -1.26. The van der Waals surface area contributed by atoms with Crippen LogP contribution < -0.4 is 4.74 Å².